The van der Waals surface area contributed by atoms with Crippen LogP contribution in [0.5, 0.6) is 5.75 Å². The second-order valence-corrected chi connectivity index (χ2v) is 7.81. The fourth-order valence-corrected chi connectivity index (χ4v) is 4.01. The third-order valence-corrected chi connectivity index (χ3v) is 6.04. The van der Waals surface area contributed by atoms with Gasteiger partial charge in [0.15, 0.2) is 0 Å². The topological polar surface area (TPSA) is 42.4 Å². The van der Waals surface area contributed by atoms with Crippen molar-refractivity contribution in [1.29, 1.82) is 0 Å². The average Bonchev–Trinajstić information content (AvgIpc) is 3.15. The predicted molar refractivity (Wildman–Crippen MR) is 114 cm³/mol. The number of aryl methyl sites for hydroxylation is 1. The second kappa shape index (κ2) is 9.51. The van der Waals surface area contributed by atoms with Crippen LogP contribution in [-0.2, 0) is 11.2 Å². The Bertz CT molecular complexity index is 890. The number of rotatable bonds is 8. The number of amides is 1. The molecule has 1 aromatic heterocycles. The molecular weight excluding hydrogens is 368 g/mol. The van der Waals surface area contributed by atoms with Gasteiger partial charge >= 0.3 is 0 Å². The number of carbonyl (C=O) groups is 1. The van der Waals surface area contributed by atoms with Crippen LogP contribution in [0.3, 0.4) is 0 Å². The van der Waals surface area contributed by atoms with Gasteiger partial charge in [-0.2, -0.15) is 0 Å². The third kappa shape index (κ3) is 4.98. The van der Waals surface area contributed by atoms with E-state index in [0.29, 0.717) is 13.0 Å². The molecule has 0 aliphatic carbocycles. The Balaban J connectivity index is 1.72. The molecule has 0 fully saturated rings. The summed E-state index contributed by atoms with van der Waals surface area (Å²) in [5, 5.41) is 0. The lowest BCUT2D eigenvalue weighted by Gasteiger charge is -2.22. The van der Waals surface area contributed by atoms with Crippen LogP contribution in [0.25, 0.3) is 0 Å². The lowest BCUT2D eigenvalue weighted by atomic mass is 9.88. The molecule has 3 rings (SSSR count). The first kappa shape index (κ1) is 20.1. The van der Waals surface area contributed by atoms with E-state index in [9.17, 15) is 4.79 Å². The molecule has 0 aliphatic heterocycles. The number of likely N-dealkylation sites (N-methyl/N-ethyl adjacent to an activating group) is 1. The number of carbonyl (C=O) groups excluding carboxylic acids is 1. The van der Waals surface area contributed by atoms with E-state index < -0.39 is 0 Å². The SMILES string of the molecule is COc1ccc([C@H](CC(=O)N(C)CCc2scnc2C)c2ccccc2)cc1. The molecule has 28 heavy (non-hydrogen) atoms. The van der Waals surface area contributed by atoms with E-state index in [1.807, 2.05) is 66.8 Å². The fraction of sp³-hybridized carbons (Fsp3) is 0.304. The van der Waals surface area contributed by atoms with Gasteiger partial charge in [-0.05, 0) is 30.2 Å². The van der Waals surface area contributed by atoms with Crippen molar-refractivity contribution in [3.63, 3.8) is 0 Å². The highest BCUT2D eigenvalue weighted by Gasteiger charge is 2.21. The van der Waals surface area contributed by atoms with E-state index in [1.54, 1.807) is 18.4 Å². The minimum atomic E-state index is 0.0206. The van der Waals surface area contributed by atoms with Crippen molar-refractivity contribution in [3.8, 4) is 5.75 Å². The van der Waals surface area contributed by atoms with Gasteiger partial charge in [0.05, 0.1) is 18.3 Å². The Hall–Kier alpha value is -2.66. The summed E-state index contributed by atoms with van der Waals surface area (Å²) in [5.74, 6) is 0.984. The van der Waals surface area contributed by atoms with Crippen molar-refractivity contribution in [3.05, 3.63) is 81.8 Å². The molecule has 4 nitrogen and oxygen atoms in total. The zero-order valence-electron chi connectivity index (χ0n) is 16.6. The van der Waals surface area contributed by atoms with E-state index >= 15 is 0 Å². The Kier molecular flexibility index (Phi) is 6.82. The quantitative estimate of drug-likeness (QED) is 0.557. The van der Waals surface area contributed by atoms with Gasteiger partial charge in [-0.15, -0.1) is 11.3 Å². The Morgan fingerprint density at radius 3 is 2.39 bits per heavy atom. The summed E-state index contributed by atoms with van der Waals surface area (Å²) in [6.07, 6.45) is 1.28. The smallest absolute Gasteiger partial charge is 0.223 e. The van der Waals surface area contributed by atoms with Gasteiger partial charge in [0.1, 0.15) is 5.75 Å². The molecule has 0 aliphatic rings. The lowest BCUT2D eigenvalue weighted by molar-refractivity contribution is -0.130. The average molecular weight is 395 g/mol. The Labute approximate surface area is 170 Å². The van der Waals surface area contributed by atoms with Crippen LogP contribution in [0.15, 0.2) is 60.1 Å². The zero-order valence-corrected chi connectivity index (χ0v) is 17.4. The molecule has 1 amide bonds. The minimum absolute atomic E-state index is 0.0206. The number of ether oxygens (including phenoxy) is 1. The molecule has 0 N–H and O–H groups in total. The number of thiazole rings is 1. The second-order valence-electron chi connectivity index (χ2n) is 6.87. The van der Waals surface area contributed by atoms with Crippen molar-refractivity contribution in [2.45, 2.75) is 25.7 Å². The van der Waals surface area contributed by atoms with Crippen LogP contribution in [0, 0.1) is 6.92 Å². The van der Waals surface area contributed by atoms with Gasteiger partial charge < -0.3 is 9.64 Å². The summed E-state index contributed by atoms with van der Waals surface area (Å²) in [4.78, 5) is 20.3. The van der Waals surface area contributed by atoms with Gasteiger partial charge in [-0.25, -0.2) is 4.98 Å². The molecule has 146 valence electrons. The van der Waals surface area contributed by atoms with E-state index in [0.717, 1.165) is 29.0 Å². The summed E-state index contributed by atoms with van der Waals surface area (Å²) in [6.45, 7) is 2.72. The molecule has 2 aromatic carbocycles. The standard InChI is InChI=1S/C23H26N2O2S/c1-17-22(28-16-24-17)13-14-25(2)23(26)15-21(18-7-5-4-6-8-18)19-9-11-20(27-3)12-10-19/h4-12,16,21H,13-15H2,1-3H3/t21-/m1/s1. The van der Waals surface area contributed by atoms with Crippen LogP contribution in [0.4, 0.5) is 0 Å². The van der Waals surface area contributed by atoms with E-state index in [-0.39, 0.29) is 11.8 Å². The Morgan fingerprint density at radius 1 is 1.11 bits per heavy atom. The number of nitrogens with zero attached hydrogens (tertiary/aromatic N) is 2. The highest BCUT2D eigenvalue weighted by atomic mass is 32.1. The van der Waals surface area contributed by atoms with Crippen LogP contribution < -0.4 is 4.74 Å². The third-order valence-electron chi connectivity index (χ3n) is 5.04. The largest absolute Gasteiger partial charge is 0.497 e. The molecule has 0 saturated heterocycles. The molecule has 0 saturated carbocycles. The van der Waals surface area contributed by atoms with Crippen LogP contribution in [0.1, 0.15) is 34.0 Å². The predicted octanol–water partition coefficient (Wildman–Crippen LogP) is 4.68. The van der Waals surface area contributed by atoms with Gasteiger partial charge in [0.25, 0.3) is 0 Å². The van der Waals surface area contributed by atoms with Gasteiger partial charge in [-0.3, -0.25) is 4.79 Å². The summed E-state index contributed by atoms with van der Waals surface area (Å²) in [5.41, 5.74) is 5.19. The van der Waals surface area contributed by atoms with Gasteiger partial charge in [0, 0.05) is 37.2 Å². The summed E-state index contributed by atoms with van der Waals surface area (Å²) < 4.78 is 5.27. The Morgan fingerprint density at radius 2 is 1.79 bits per heavy atom. The highest BCUT2D eigenvalue weighted by molar-refractivity contribution is 7.09. The van der Waals surface area contributed by atoms with Crippen molar-refractivity contribution in [1.82, 2.24) is 9.88 Å². The number of hydrogen-bond donors (Lipinski definition) is 0. The number of hydrogen-bond acceptors (Lipinski definition) is 4. The molecular formula is C23H26N2O2S. The first-order chi connectivity index (χ1) is 13.6. The summed E-state index contributed by atoms with van der Waals surface area (Å²) >= 11 is 1.65. The molecule has 0 radical (unpaired) electrons. The molecule has 0 spiro atoms. The maximum Gasteiger partial charge on any atom is 0.223 e. The summed E-state index contributed by atoms with van der Waals surface area (Å²) in [6, 6.07) is 18.2. The maximum atomic E-state index is 13.0. The van der Waals surface area contributed by atoms with Crippen LogP contribution in [-0.4, -0.2) is 36.5 Å². The van der Waals surface area contributed by atoms with Gasteiger partial charge in [-0.1, -0.05) is 42.5 Å². The van der Waals surface area contributed by atoms with E-state index in [1.165, 1.54) is 4.88 Å². The van der Waals surface area contributed by atoms with Crippen molar-refractivity contribution >= 4 is 17.2 Å². The molecule has 1 atom stereocenters. The van der Waals surface area contributed by atoms with E-state index in [4.69, 9.17) is 4.74 Å². The van der Waals surface area contributed by atoms with Crippen molar-refractivity contribution < 1.29 is 9.53 Å². The fourth-order valence-electron chi connectivity index (χ4n) is 3.24. The van der Waals surface area contributed by atoms with Gasteiger partial charge in [0.2, 0.25) is 5.91 Å². The summed E-state index contributed by atoms with van der Waals surface area (Å²) in [7, 11) is 3.54. The molecule has 0 unspecified atom stereocenters. The highest BCUT2D eigenvalue weighted by Crippen LogP contribution is 2.30. The first-order valence-electron chi connectivity index (χ1n) is 9.40. The van der Waals surface area contributed by atoms with Crippen LogP contribution in [0.2, 0.25) is 0 Å². The molecule has 0 bridgehead atoms. The van der Waals surface area contributed by atoms with E-state index in [2.05, 4.69) is 17.1 Å². The minimum Gasteiger partial charge on any atom is -0.497 e. The number of benzene rings is 2. The monoisotopic (exact) mass is 394 g/mol. The van der Waals surface area contributed by atoms with Crippen molar-refractivity contribution in [2.75, 3.05) is 20.7 Å². The molecule has 3 aromatic rings. The molecule has 5 heteroatoms. The van der Waals surface area contributed by atoms with Crippen LogP contribution >= 0.6 is 11.3 Å². The zero-order chi connectivity index (χ0) is 19.9. The number of methoxy groups -OCH3 is 1. The van der Waals surface area contributed by atoms with Crippen molar-refractivity contribution in [2.24, 2.45) is 0 Å². The maximum absolute atomic E-state index is 13.0. The molecule has 1 heterocycles. The first-order valence-corrected chi connectivity index (χ1v) is 10.3. The normalized spacial score (nSPS) is 11.8. The number of aromatic nitrogens is 1. The lowest BCUT2D eigenvalue weighted by Crippen LogP contribution is -2.30.